The quantitative estimate of drug-likeness (QED) is 0.565. The zero-order chi connectivity index (χ0) is 11.7. The monoisotopic (exact) mass is 213 g/mol. The fraction of sp³-hybridized carbons (Fsp3) is 1.00. The molecule has 0 bridgehead atoms. The number of unbranched alkanes of at least 4 members (excludes halogenated alkanes) is 3. The SMILES string of the molecule is CCCCCCC(C)(CNCC)C(C)C. The molecule has 0 aliphatic heterocycles. The Bertz CT molecular complexity index is 142. The zero-order valence-electron chi connectivity index (χ0n) is 11.5. The topological polar surface area (TPSA) is 12.0 Å². The minimum Gasteiger partial charge on any atom is -0.316 e. The van der Waals surface area contributed by atoms with E-state index in [1.165, 1.54) is 38.6 Å². The molecule has 92 valence electrons. The summed E-state index contributed by atoms with van der Waals surface area (Å²) in [6, 6.07) is 0. The Balaban J connectivity index is 3.90. The van der Waals surface area contributed by atoms with Crippen molar-refractivity contribution in [3.8, 4) is 0 Å². The van der Waals surface area contributed by atoms with Crippen molar-refractivity contribution in [1.82, 2.24) is 5.32 Å². The molecule has 1 atom stereocenters. The molecule has 1 N–H and O–H groups in total. The van der Waals surface area contributed by atoms with Crippen molar-refractivity contribution in [2.24, 2.45) is 11.3 Å². The first-order chi connectivity index (χ1) is 7.06. The van der Waals surface area contributed by atoms with Gasteiger partial charge in [-0.3, -0.25) is 0 Å². The first-order valence-electron chi connectivity index (χ1n) is 6.77. The molecular weight excluding hydrogens is 182 g/mol. The molecule has 0 aromatic carbocycles. The maximum Gasteiger partial charge on any atom is 0.000749 e. The summed E-state index contributed by atoms with van der Waals surface area (Å²) >= 11 is 0. The average molecular weight is 213 g/mol. The molecule has 0 aliphatic carbocycles. The second-order valence-electron chi connectivity index (χ2n) is 5.40. The lowest BCUT2D eigenvalue weighted by Gasteiger charge is -2.34. The minimum absolute atomic E-state index is 0.490. The smallest absolute Gasteiger partial charge is 0.000749 e. The van der Waals surface area contributed by atoms with Crippen LogP contribution in [0.15, 0.2) is 0 Å². The largest absolute Gasteiger partial charge is 0.316 e. The van der Waals surface area contributed by atoms with E-state index >= 15 is 0 Å². The Kier molecular flexibility index (Phi) is 8.13. The molecule has 0 amide bonds. The molecule has 0 aliphatic rings. The van der Waals surface area contributed by atoms with Gasteiger partial charge in [-0.25, -0.2) is 0 Å². The van der Waals surface area contributed by atoms with Gasteiger partial charge in [0.2, 0.25) is 0 Å². The van der Waals surface area contributed by atoms with Crippen molar-refractivity contribution in [3.05, 3.63) is 0 Å². The standard InChI is InChI=1S/C14H31N/c1-6-8-9-10-11-14(5,13(3)4)12-15-7-2/h13,15H,6-12H2,1-5H3. The highest BCUT2D eigenvalue weighted by atomic mass is 14.9. The lowest BCUT2D eigenvalue weighted by molar-refractivity contribution is 0.186. The summed E-state index contributed by atoms with van der Waals surface area (Å²) in [6.07, 6.45) is 6.91. The fourth-order valence-electron chi connectivity index (χ4n) is 1.95. The second kappa shape index (κ2) is 8.15. The van der Waals surface area contributed by atoms with Crippen molar-refractivity contribution in [1.29, 1.82) is 0 Å². The Hall–Kier alpha value is -0.0400. The molecule has 0 aromatic heterocycles. The van der Waals surface area contributed by atoms with Crippen LogP contribution in [0.1, 0.15) is 66.7 Å². The summed E-state index contributed by atoms with van der Waals surface area (Å²) < 4.78 is 0. The Morgan fingerprint density at radius 2 is 1.73 bits per heavy atom. The van der Waals surface area contributed by atoms with E-state index < -0.39 is 0 Å². The summed E-state index contributed by atoms with van der Waals surface area (Å²) in [5, 5.41) is 3.51. The van der Waals surface area contributed by atoms with E-state index in [-0.39, 0.29) is 0 Å². The molecule has 0 radical (unpaired) electrons. The first kappa shape index (κ1) is 15.0. The van der Waals surface area contributed by atoms with Gasteiger partial charge in [0.05, 0.1) is 0 Å². The minimum atomic E-state index is 0.490. The van der Waals surface area contributed by atoms with Gasteiger partial charge in [-0.1, -0.05) is 60.3 Å². The molecular formula is C14H31N. The van der Waals surface area contributed by atoms with Crippen molar-refractivity contribution in [3.63, 3.8) is 0 Å². The third kappa shape index (κ3) is 6.19. The molecule has 0 heterocycles. The first-order valence-corrected chi connectivity index (χ1v) is 6.77. The summed E-state index contributed by atoms with van der Waals surface area (Å²) in [6.45, 7) is 13.9. The predicted octanol–water partition coefficient (Wildman–Crippen LogP) is 4.23. The molecule has 0 saturated heterocycles. The van der Waals surface area contributed by atoms with Gasteiger partial charge in [0.1, 0.15) is 0 Å². The van der Waals surface area contributed by atoms with Crippen LogP contribution in [0, 0.1) is 11.3 Å². The third-order valence-electron chi connectivity index (χ3n) is 3.77. The Morgan fingerprint density at radius 3 is 2.20 bits per heavy atom. The molecule has 0 aromatic rings. The normalized spacial score (nSPS) is 15.6. The van der Waals surface area contributed by atoms with Crippen molar-refractivity contribution in [2.75, 3.05) is 13.1 Å². The van der Waals surface area contributed by atoms with E-state index in [1.807, 2.05) is 0 Å². The van der Waals surface area contributed by atoms with Crippen molar-refractivity contribution >= 4 is 0 Å². The van der Waals surface area contributed by atoms with Crippen LogP contribution in [0.5, 0.6) is 0 Å². The van der Waals surface area contributed by atoms with Crippen molar-refractivity contribution < 1.29 is 0 Å². The van der Waals surface area contributed by atoms with Gasteiger partial charge in [-0.05, 0) is 24.3 Å². The van der Waals surface area contributed by atoms with Gasteiger partial charge in [0.25, 0.3) is 0 Å². The molecule has 15 heavy (non-hydrogen) atoms. The molecule has 1 nitrogen and oxygen atoms in total. The van der Waals surface area contributed by atoms with E-state index in [9.17, 15) is 0 Å². The number of hydrogen-bond acceptors (Lipinski definition) is 1. The summed E-state index contributed by atoms with van der Waals surface area (Å²) in [7, 11) is 0. The molecule has 1 heteroatoms. The summed E-state index contributed by atoms with van der Waals surface area (Å²) in [4.78, 5) is 0. The fourth-order valence-corrected chi connectivity index (χ4v) is 1.95. The highest BCUT2D eigenvalue weighted by Crippen LogP contribution is 2.32. The van der Waals surface area contributed by atoms with Gasteiger partial charge >= 0.3 is 0 Å². The predicted molar refractivity (Wildman–Crippen MR) is 70.2 cm³/mol. The highest BCUT2D eigenvalue weighted by Gasteiger charge is 2.26. The highest BCUT2D eigenvalue weighted by molar-refractivity contribution is 4.79. The molecule has 0 fully saturated rings. The number of hydrogen-bond donors (Lipinski definition) is 1. The van der Waals surface area contributed by atoms with Crippen LogP contribution in [0.2, 0.25) is 0 Å². The molecule has 0 spiro atoms. The lowest BCUT2D eigenvalue weighted by Crippen LogP contribution is -2.36. The van der Waals surface area contributed by atoms with E-state index in [0.717, 1.165) is 12.5 Å². The van der Waals surface area contributed by atoms with Gasteiger partial charge in [-0.2, -0.15) is 0 Å². The van der Waals surface area contributed by atoms with Gasteiger partial charge in [-0.15, -0.1) is 0 Å². The molecule has 1 unspecified atom stereocenters. The van der Waals surface area contributed by atoms with Crippen LogP contribution in [-0.2, 0) is 0 Å². The van der Waals surface area contributed by atoms with Crippen LogP contribution >= 0.6 is 0 Å². The van der Waals surface area contributed by atoms with Crippen LogP contribution in [0.3, 0.4) is 0 Å². The molecule has 0 saturated carbocycles. The lowest BCUT2D eigenvalue weighted by atomic mass is 9.75. The third-order valence-corrected chi connectivity index (χ3v) is 3.77. The zero-order valence-corrected chi connectivity index (χ0v) is 11.5. The average Bonchev–Trinajstić information content (AvgIpc) is 2.21. The van der Waals surface area contributed by atoms with E-state index in [0.29, 0.717) is 5.41 Å². The summed E-state index contributed by atoms with van der Waals surface area (Å²) in [5.41, 5.74) is 0.490. The van der Waals surface area contributed by atoms with Gasteiger partial charge in [0, 0.05) is 6.54 Å². The maximum absolute atomic E-state index is 3.51. The van der Waals surface area contributed by atoms with Gasteiger partial charge in [0.15, 0.2) is 0 Å². The second-order valence-corrected chi connectivity index (χ2v) is 5.40. The van der Waals surface area contributed by atoms with E-state index in [2.05, 4.69) is 39.9 Å². The summed E-state index contributed by atoms with van der Waals surface area (Å²) in [5.74, 6) is 0.776. The Morgan fingerprint density at radius 1 is 1.07 bits per heavy atom. The Labute approximate surface area is 97.0 Å². The van der Waals surface area contributed by atoms with E-state index in [1.54, 1.807) is 0 Å². The van der Waals surface area contributed by atoms with E-state index in [4.69, 9.17) is 0 Å². The van der Waals surface area contributed by atoms with Crippen LogP contribution in [0.25, 0.3) is 0 Å². The van der Waals surface area contributed by atoms with Gasteiger partial charge < -0.3 is 5.32 Å². The van der Waals surface area contributed by atoms with Crippen LogP contribution in [0.4, 0.5) is 0 Å². The maximum atomic E-state index is 3.51. The number of nitrogens with one attached hydrogen (secondary N) is 1. The van der Waals surface area contributed by atoms with Crippen LogP contribution < -0.4 is 5.32 Å². The number of rotatable bonds is 9. The van der Waals surface area contributed by atoms with Crippen molar-refractivity contribution in [2.45, 2.75) is 66.7 Å². The molecule has 0 rings (SSSR count). The van der Waals surface area contributed by atoms with Crippen LogP contribution in [-0.4, -0.2) is 13.1 Å².